The molecule has 3 rings (SSSR count). The number of amides is 3. The molecule has 2 heterocycles. The van der Waals surface area contributed by atoms with Crippen LogP contribution in [0.1, 0.15) is 53.0 Å². The first-order valence-corrected chi connectivity index (χ1v) is 11.3. The van der Waals surface area contributed by atoms with Crippen molar-refractivity contribution in [3.05, 3.63) is 47.0 Å². The minimum Gasteiger partial charge on any atom is -0.412 e. The number of hydrogen-bond donors (Lipinski definition) is 2. The smallest absolute Gasteiger partial charge is 0.245 e. The van der Waals surface area contributed by atoms with Crippen molar-refractivity contribution in [3.63, 3.8) is 0 Å². The molecule has 0 aromatic heterocycles. The van der Waals surface area contributed by atoms with Gasteiger partial charge in [0.15, 0.2) is 0 Å². The Morgan fingerprint density at radius 3 is 2.36 bits per heavy atom. The summed E-state index contributed by atoms with van der Waals surface area (Å²) in [6.45, 7) is 9.76. The molecule has 1 saturated heterocycles. The number of piperidine rings is 1. The number of nitrogens with one attached hydrogen (secondary N) is 2. The summed E-state index contributed by atoms with van der Waals surface area (Å²) >= 11 is 6.04. The molecule has 1 aromatic rings. The van der Waals surface area contributed by atoms with E-state index in [1.54, 1.807) is 6.08 Å². The van der Waals surface area contributed by atoms with Crippen molar-refractivity contribution >= 4 is 29.3 Å². The number of hydrogen-bond acceptors (Lipinski definition) is 3. The average molecular weight is 480 g/mol. The van der Waals surface area contributed by atoms with E-state index < -0.39 is 12.0 Å². The van der Waals surface area contributed by atoms with Crippen LogP contribution >= 0.6 is 11.6 Å². The van der Waals surface area contributed by atoms with E-state index in [0.29, 0.717) is 19.0 Å². The number of halogens is 1. The lowest BCUT2D eigenvalue weighted by atomic mass is 9.70. The van der Waals surface area contributed by atoms with E-state index in [-0.39, 0.29) is 48.5 Å². The fourth-order valence-electron chi connectivity index (χ4n) is 4.55. The first-order valence-electron chi connectivity index (χ1n) is 10.9. The summed E-state index contributed by atoms with van der Waals surface area (Å²) in [7, 11) is 0. The van der Waals surface area contributed by atoms with Crippen molar-refractivity contribution in [2.24, 2.45) is 17.3 Å². The van der Waals surface area contributed by atoms with Gasteiger partial charge in [-0.3, -0.25) is 14.4 Å². The molecular formula is C25H38ClN3O4. The average Bonchev–Trinajstić information content (AvgIpc) is 2.72. The van der Waals surface area contributed by atoms with Gasteiger partial charge in [0.25, 0.3) is 0 Å². The van der Waals surface area contributed by atoms with Crippen LogP contribution in [0.5, 0.6) is 0 Å². The maximum atomic E-state index is 13.4. The van der Waals surface area contributed by atoms with Gasteiger partial charge in [-0.25, -0.2) is 0 Å². The summed E-state index contributed by atoms with van der Waals surface area (Å²) in [5.41, 5.74) is 1.13. The maximum Gasteiger partial charge on any atom is 0.245 e. The summed E-state index contributed by atoms with van der Waals surface area (Å²) in [5, 5.41) is 6.30. The molecule has 7 nitrogen and oxygen atoms in total. The van der Waals surface area contributed by atoms with E-state index in [9.17, 15) is 14.4 Å². The third-order valence-electron chi connectivity index (χ3n) is 6.36. The number of carbonyl (C=O) groups excluding carboxylic acids is 3. The van der Waals surface area contributed by atoms with Gasteiger partial charge in [-0.15, -0.1) is 0 Å². The third kappa shape index (κ3) is 6.81. The normalized spacial score (nSPS) is 22.5. The molecule has 184 valence electrons. The quantitative estimate of drug-likeness (QED) is 0.677. The summed E-state index contributed by atoms with van der Waals surface area (Å²) < 4.78 is 0. The lowest BCUT2D eigenvalue weighted by Crippen LogP contribution is -2.57. The number of carbonyl (C=O) groups is 3. The fraction of sp³-hybridized carbons (Fsp3) is 0.560. The molecule has 0 aliphatic carbocycles. The van der Waals surface area contributed by atoms with Crippen molar-refractivity contribution < 1.29 is 19.9 Å². The largest absolute Gasteiger partial charge is 0.412 e. The first-order chi connectivity index (χ1) is 14.6. The van der Waals surface area contributed by atoms with Crippen molar-refractivity contribution in [2.45, 2.75) is 53.5 Å². The van der Waals surface area contributed by atoms with Crippen LogP contribution < -0.4 is 10.6 Å². The van der Waals surface area contributed by atoms with Crippen molar-refractivity contribution in [1.29, 1.82) is 0 Å². The zero-order valence-corrected chi connectivity index (χ0v) is 19.9. The molecule has 33 heavy (non-hydrogen) atoms. The highest BCUT2D eigenvalue weighted by Crippen LogP contribution is 2.42. The lowest BCUT2D eigenvalue weighted by Gasteiger charge is -2.46. The van der Waals surface area contributed by atoms with Crippen LogP contribution in [-0.2, 0) is 14.4 Å². The Kier molecular flexibility index (Phi) is 10.1. The minimum absolute atomic E-state index is 0. The molecule has 2 aliphatic rings. The van der Waals surface area contributed by atoms with Crippen LogP contribution in [0.15, 0.2) is 36.4 Å². The minimum atomic E-state index is -0.596. The van der Waals surface area contributed by atoms with Gasteiger partial charge in [-0.1, -0.05) is 64.9 Å². The zero-order chi connectivity index (χ0) is 22.8. The van der Waals surface area contributed by atoms with E-state index in [0.717, 1.165) is 11.4 Å². The van der Waals surface area contributed by atoms with Crippen LogP contribution in [-0.4, -0.2) is 53.8 Å². The second-order valence-electron chi connectivity index (χ2n) is 9.58. The molecule has 4 N–H and O–H groups in total. The Morgan fingerprint density at radius 1 is 1.21 bits per heavy atom. The Balaban J connectivity index is 0.00000272. The highest BCUT2D eigenvalue weighted by molar-refractivity contribution is 6.30. The van der Waals surface area contributed by atoms with Gasteiger partial charge in [0.2, 0.25) is 17.7 Å². The second-order valence-corrected chi connectivity index (χ2v) is 10.0. The van der Waals surface area contributed by atoms with E-state index in [1.807, 2.05) is 30.9 Å². The molecule has 1 fully saturated rings. The molecule has 1 aromatic carbocycles. The van der Waals surface area contributed by atoms with Gasteiger partial charge >= 0.3 is 0 Å². The van der Waals surface area contributed by atoms with Gasteiger partial charge in [0, 0.05) is 24.7 Å². The summed E-state index contributed by atoms with van der Waals surface area (Å²) in [6.07, 6.45) is 3.82. The summed E-state index contributed by atoms with van der Waals surface area (Å²) in [6, 6.07) is 7.37. The van der Waals surface area contributed by atoms with E-state index in [1.165, 1.54) is 11.6 Å². The van der Waals surface area contributed by atoms with Crippen molar-refractivity contribution in [2.75, 3.05) is 19.6 Å². The molecule has 1 unspecified atom stereocenters. The third-order valence-corrected chi connectivity index (χ3v) is 6.61. The Bertz CT molecular complexity index is 867. The van der Waals surface area contributed by atoms with Crippen molar-refractivity contribution in [3.8, 4) is 0 Å². The van der Waals surface area contributed by atoms with Crippen molar-refractivity contribution in [1.82, 2.24) is 15.5 Å². The molecule has 0 saturated carbocycles. The lowest BCUT2D eigenvalue weighted by molar-refractivity contribution is -0.141. The molecular weight excluding hydrogens is 442 g/mol. The molecule has 8 heteroatoms. The Morgan fingerprint density at radius 2 is 1.85 bits per heavy atom. The predicted octanol–water partition coefficient (Wildman–Crippen LogP) is 2.94. The van der Waals surface area contributed by atoms with Gasteiger partial charge < -0.3 is 21.0 Å². The van der Waals surface area contributed by atoms with E-state index in [4.69, 9.17) is 11.6 Å². The summed E-state index contributed by atoms with van der Waals surface area (Å²) in [5.74, 6) is -0.661. The van der Waals surface area contributed by atoms with Gasteiger partial charge in [0.05, 0.1) is 5.92 Å². The second kappa shape index (κ2) is 11.7. The first kappa shape index (κ1) is 28.7. The highest BCUT2D eigenvalue weighted by atomic mass is 35.5. The molecule has 3 atom stereocenters. The highest BCUT2D eigenvalue weighted by Gasteiger charge is 2.40. The van der Waals surface area contributed by atoms with Gasteiger partial charge in [-0.2, -0.15) is 0 Å². The maximum absolute atomic E-state index is 13.4. The monoisotopic (exact) mass is 479 g/mol. The number of likely N-dealkylation sites (tertiary alicyclic amines) is 1. The standard InChI is InChI=1S/C24H32ClN3O3.CH4.H2O/c1-15(2)21(27-22(30)17-7-10-20(29)26-13-17)23(31)28-12-11-19(24(3,4)14-28)16-5-8-18(25)9-6-16;;/h5-10,15,17,19,21H,11-14H2,1-4H3,(H,26,29)(H,27,30);1H4;1H2/t17?,19-,21-;;/m1../s1. The van der Waals surface area contributed by atoms with Gasteiger partial charge in [0.1, 0.15) is 6.04 Å². The van der Waals surface area contributed by atoms with Gasteiger partial charge in [-0.05, 0) is 47.4 Å². The topological polar surface area (TPSA) is 110 Å². The number of rotatable bonds is 5. The Labute approximate surface area is 202 Å². The van der Waals surface area contributed by atoms with E-state index in [2.05, 4.69) is 36.6 Å². The fourth-order valence-corrected chi connectivity index (χ4v) is 4.68. The summed E-state index contributed by atoms with van der Waals surface area (Å²) in [4.78, 5) is 39.3. The number of nitrogens with zero attached hydrogens (tertiary/aromatic N) is 1. The molecule has 0 bridgehead atoms. The molecule has 0 spiro atoms. The SMILES string of the molecule is C.CC(C)[C@@H](NC(=O)C1C=CC(=O)NC1)C(=O)N1CC[C@H](c2ccc(Cl)cc2)C(C)(C)C1.O. The van der Waals surface area contributed by atoms with Crippen LogP contribution in [0, 0.1) is 17.3 Å². The molecule has 0 radical (unpaired) electrons. The van der Waals surface area contributed by atoms with Crippen LogP contribution in [0.4, 0.5) is 0 Å². The molecule has 3 amide bonds. The van der Waals surface area contributed by atoms with Crippen LogP contribution in [0.25, 0.3) is 0 Å². The Hall–Kier alpha value is -2.38. The van der Waals surface area contributed by atoms with Crippen LogP contribution in [0.2, 0.25) is 5.02 Å². The number of benzene rings is 1. The zero-order valence-electron chi connectivity index (χ0n) is 19.2. The van der Waals surface area contributed by atoms with E-state index >= 15 is 0 Å². The predicted molar refractivity (Wildman–Crippen MR) is 132 cm³/mol. The molecule has 2 aliphatic heterocycles. The van der Waals surface area contributed by atoms with Crippen LogP contribution in [0.3, 0.4) is 0 Å².